The number of aromatic nitrogens is 2. The van der Waals surface area contributed by atoms with Gasteiger partial charge in [0, 0.05) is 5.56 Å². The van der Waals surface area contributed by atoms with E-state index in [0.29, 0.717) is 22.8 Å². The van der Waals surface area contributed by atoms with Crippen LogP contribution in [0.2, 0.25) is 0 Å². The van der Waals surface area contributed by atoms with E-state index in [0.717, 1.165) is 28.8 Å². The van der Waals surface area contributed by atoms with Crippen LogP contribution in [0, 0.1) is 13.8 Å². The lowest BCUT2D eigenvalue weighted by Crippen LogP contribution is -2.07. The van der Waals surface area contributed by atoms with Gasteiger partial charge in [0.15, 0.2) is 10.9 Å². The quantitative estimate of drug-likeness (QED) is 0.240. The predicted octanol–water partition coefficient (Wildman–Crippen LogP) is 6.70. The van der Waals surface area contributed by atoms with Crippen molar-refractivity contribution in [1.82, 2.24) is 9.55 Å². The smallest absolute Gasteiger partial charge is 0.314 e. The minimum Gasteiger partial charge on any atom is -0.314 e. The molecule has 0 saturated heterocycles. The molecule has 1 aromatic heterocycles. The molecule has 0 aliphatic rings. The van der Waals surface area contributed by atoms with Crippen LogP contribution in [0.1, 0.15) is 32.6 Å². The van der Waals surface area contributed by atoms with Gasteiger partial charge in [0.25, 0.3) is 0 Å². The van der Waals surface area contributed by atoms with Gasteiger partial charge < -0.3 is 4.57 Å². The first-order valence-electron chi connectivity index (χ1n) is 10.1. The van der Waals surface area contributed by atoms with Gasteiger partial charge in [-0.25, -0.2) is 4.98 Å². The number of rotatable bonds is 6. The standard InChI is InChI=1S/C25H21F3N2OS/c1-16-8-9-17(2)20(12-16)23(31)15-32-24-29-21-13-19(25(26,27)28)10-11-22(21)30(24)14-18-6-4-3-5-7-18/h3-13H,14-15H2,1-2H3. The predicted molar refractivity (Wildman–Crippen MR) is 121 cm³/mol. The second kappa shape index (κ2) is 8.82. The molecule has 164 valence electrons. The molecule has 0 fully saturated rings. The lowest BCUT2D eigenvalue weighted by molar-refractivity contribution is -0.137. The summed E-state index contributed by atoms with van der Waals surface area (Å²) in [4.78, 5) is 17.3. The molecule has 0 amide bonds. The average Bonchev–Trinajstić information content (AvgIpc) is 3.10. The van der Waals surface area contributed by atoms with E-state index in [4.69, 9.17) is 0 Å². The molecule has 0 radical (unpaired) electrons. The van der Waals surface area contributed by atoms with Gasteiger partial charge in [-0.2, -0.15) is 13.2 Å². The number of Topliss-reactive ketones (excluding diaryl/α,β-unsaturated/α-hetero) is 1. The van der Waals surface area contributed by atoms with Crippen molar-refractivity contribution in [3.05, 3.63) is 94.5 Å². The summed E-state index contributed by atoms with van der Waals surface area (Å²) in [6.45, 7) is 4.27. The van der Waals surface area contributed by atoms with E-state index in [1.165, 1.54) is 17.8 Å². The third-order valence-electron chi connectivity index (χ3n) is 5.25. The Morgan fingerprint density at radius 1 is 1.00 bits per heavy atom. The van der Waals surface area contributed by atoms with Gasteiger partial charge in [0.2, 0.25) is 0 Å². The number of aryl methyl sites for hydroxylation is 2. The first-order chi connectivity index (χ1) is 15.2. The van der Waals surface area contributed by atoms with Gasteiger partial charge in [0.1, 0.15) is 0 Å². The Labute approximate surface area is 188 Å². The number of imidazole rings is 1. The Balaban J connectivity index is 1.69. The molecule has 4 aromatic rings. The molecular formula is C25H21F3N2OS. The van der Waals surface area contributed by atoms with Crippen molar-refractivity contribution < 1.29 is 18.0 Å². The number of fused-ring (bicyclic) bond motifs is 1. The molecular weight excluding hydrogens is 433 g/mol. The maximum atomic E-state index is 13.2. The fourth-order valence-corrected chi connectivity index (χ4v) is 4.45. The van der Waals surface area contributed by atoms with Crippen LogP contribution in [0.25, 0.3) is 11.0 Å². The molecule has 32 heavy (non-hydrogen) atoms. The highest BCUT2D eigenvalue weighted by molar-refractivity contribution is 7.99. The van der Waals surface area contributed by atoms with Crippen LogP contribution in [0.5, 0.6) is 0 Å². The van der Waals surface area contributed by atoms with Crippen LogP contribution in [-0.2, 0) is 12.7 Å². The van der Waals surface area contributed by atoms with E-state index >= 15 is 0 Å². The molecule has 0 atom stereocenters. The molecule has 0 unspecified atom stereocenters. The van der Waals surface area contributed by atoms with Gasteiger partial charge in [0.05, 0.1) is 28.9 Å². The highest BCUT2D eigenvalue weighted by atomic mass is 32.2. The Morgan fingerprint density at radius 3 is 2.47 bits per heavy atom. The van der Waals surface area contributed by atoms with Crippen LogP contribution >= 0.6 is 11.8 Å². The number of carbonyl (C=O) groups is 1. The monoisotopic (exact) mass is 454 g/mol. The normalized spacial score (nSPS) is 11.8. The van der Waals surface area contributed by atoms with Crippen LogP contribution < -0.4 is 0 Å². The minimum atomic E-state index is -4.44. The number of halogens is 3. The molecule has 1 heterocycles. The zero-order valence-corrected chi connectivity index (χ0v) is 18.4. The molecule has 0 spiro atoms. The highest BCUT2D eigenvalue weighted by Gasteiger charge is 2.31. The number of hydrogen-bond acceptors (Lipinski definition) is 3. The summed E-state index contributed by atoms with van der Waals surface area (Å²) in [5.74, 6) is 0.111. The van der Waals surface area contributed by atoms with Crippen molar-refractivity contribution in [2.75, 3.05) is 5.75 Å². The summed E-state index contributed by atoms with van der Waals surface area (Å²) >= 11 is 1.24. The molecule has 4 rings (SSSR count). The van der Waals surface area contributed by atoms with Gasteiger partial charge in [-0.3, -0.25) is 4.79 Å². The van der Waals surface area contributed by atoms with Crippen LogP contribution in [-0.4, -0.2) is 21.1 Å². The fraction of sp³-hybridized carbons (Fsp3) is 0.200. The molecule has 3 nitrogen and oxygen atoms in total. The van der Waals surface area contributed by atoms with E-state index in [2.05, 4.69) is 4.98 Å². The van der Waals surface area contributed by atoms with Crippen LogP contribution in [0.15, 0.2) is 71.9 Å². The van der Waals surface area contributed by atoms with E-state index in [-0.39, 0.29) is 17.1 Å². The molecule has 0 aliphatic carbocycles. The van der Waals surface area contributed by atoms with Crippen molar-refractivity contribution in [2.24, 2.45) is 0 Å². The first-order valence-corrected chi connectivity index (χ1v) is 11.1. The average molecular weight is 455 g/mol. The zero-order valence-electron chi connectivity index (χ0n) is 17.6. The lowest BCUT2D eigenvalue weighted by atomic mass is 10.0. The maximum Gasteiger partial charge on any atom is 0.416 e. The second-order valence-electron chi connectivity index (χ2n) is 7.70. The van der Waals surface area contributed by atoms with Crippen LogP contribution in [0.3, 0.4) is 0 Å². The van der Waals surface area contributed by atoms with Gasteiger partial charge >= 0.3 is 6.18 Å². The van der Waals surface area contributed by atoms with Gasteiger partial charge in [-0.1, -0.05) is 59.8 Å². The van der Waals surface area contributed by atoms with Crippen molar-refractivity contribution in [3.8, 4) is 0 Å². The Hall–Kier alpha value is -3.06. The van der Waals surface area contributed by atoms with E-state index < -0.39 is 11.7 Å². The number of ketones is 1. The van der Waals surface area contributed by atoms with Crippen molar-refractivity contribution in [1.29, 1.82) is 0 Å². The second-order valence-corrected chi connectivity index (χ2v) is 8.64. The molecule has 0 saturated carbocycles. The molecule has 0 N–H and O–H groups in total. The molecule has 0 aliphatic heterocycles. The summed E-state index contributed by atoms with van der Waals surface area (Å²) in [6, 6.07) is 18.9. The molecule has 3 aromatic carbocycles. The maximum absolute atomic E-state index is 13.2. The zero-order chi connectivity index (χ0) is 22.9. The number of alkyl halides is 3. The summed E-state index contributed by atoms with van der Waals surface area (Å²) in [5, 5.41) is 0.516. The van der Waals surface area contributed by atoms with E-state index in [9.17, 15) is 18.0 Å². The highest BCUT2D eigenvalue weighted by Crippen LogP contribution is 2.33. The molecule has 0 bridgehead atoms. The summed E-state index contributed by atoms with van der Waals surface area (Å²) in [7, 11) is 0. The van der Waals surface area contributed by atoms with E-state index in [1.54, 1.807) is 0 Å². The van der Waals surface area contributed by atoms with Gasteiger partial charge in [-0.05, 0) is 49.2 Å². The van der Waals surface area contributed by atoms with Crippen molar-refractivity contribution >= 4 is 28.6 Å². The van der Waals surface area contributed by atoms with Crippen molar-refractivity contribution in [2.45, 2.75) is 31.7 Å². The Kier molecular flexibility index (Phi) is 6.11. The largest absolute Gasteiger partial charge is 0.416 e. The number of hydrogen-bond donors (Lipinski definition) is 0. The number of thioether (sulfide) groups is 1. The summed E-state index contributed by atoms with van der Waals surface area (Å²) in [6.07, 6.45) is -4.44. The number of benzene rings is 3. The topological polar surface area (TPSA) is 34.9 Å². The first kappa shape index (κ1) is 22.1. The SMILES string of the molecule is Cc1ccc(C)c(C(=O)CSc2nc3cc(C(F)(F)F)ccc3n2Cc2ccccc2)c1. The fourth-order valence-electron chi connectivity index (χ4n) is 3.56. The Morgan fingerprint density at radius 2 is 1.75 bits per heavy atom. The number of carbonyl (C=O) groups excluding carboxylic acids is 1. The number of nitrogens with zero attached hydrogens (tertiary/aromatic N) is 2. The molecule has 7 heteroatoms. The third-order valence-corrected chi connectivity index (χ3v) is 6.23. The van der Waals surface area contributed by atoms with Crippen LogP contribution in [0.4, 0.5) is 13.2 Å². The summed E-state index contributed by atoms with van der Waals surface area (Å²) < 4.78 is 41.5. The van der Waals surface area contributed by atoms with Crippen molar-refractivity contribution in [3.63, 3.8) is 0 Å². The lowest BCUT2D eigenvalue weighted by Gasteiger charge is -2.10. The third kappa shape index (κ3) is 4.72. The Bertz CT molecular complexity index is 1280. The summed E-state index contributed by atoms with van der Waals surface area (Å²) in [5.41, 5.74) is 3.67. The van der Waals surface area contributed by atoms with E-state index in [1.807, 2.05) is 66.9 Å². The minimum absolute atomic E-state index is 0.0366. The van der Waals surface area contributed by atoms with Gasteiger partial charge in [-0.15, -0.1) is 0 Å².